The molecule has 0 saturated carbocycles. The Morgan fingerprint density at radius 1 is 1.23 bits per heavy atom. The van der Waals surface area contributed by atoms with Gasteiger partial charge in [-0.2, -0.15) is 0 Å². The van der Waals surface area contributed by atoms with Gasteiger partial charge in [0.15, 0.2) is 0 Å². The van der Waals surface area contributed by atoms with Gasteiger partial charge in [0, 0.05) is 0 Å². The van der Waals surface area contributed by atoms with E-state index in [1.807, 2.05) is 36.4 Å². The maximum atomic E-state index is 10.8. The Hall–Kier alpha value is -1.57. The van der Waals surface area contributed by atoms with Crippen molar-refractivity contribution in [2.75, 3.05) is 6.61 Å². The Kier molecular flexibility index (Phi) is 2.13. The second-order valence-electron chi connectivity index (χ2n) is 3.05. The molecule has 1 aliphatic rings. The highest BCUT2D eigenvalue weighted by Crippen LogP contribution is 2.16. The average Bonchev–Trinajstić information content (AvgIpc) is 2.53. The molecule has 2 heteroatoms. The lowest BCUT2D eigenvalue weighted by Gasteiger charge is -1.93. The van der Waals surface area contributed by atoms with E-state index in [4.69, 9.17) is 4.74 Å². The van der Waals surface area contributed by atoms with Gasteiger partial charge in [0.2, 0.25) is 0 Å². The zero-order valence-electron chi connectivity index (χ0n) is 7.19. The smallest absolute Gasteiger partial charge is 0.310 e. The fraction of sp³-hybridized carbons (Fsp3) is 0.182. The first kappa shape index (κ1) is 8.05. The van der Waals surface area contributed by atoms with Crippen molar-refractivity contribution in [3.05, 3.63) is 41.5 Å². The minimum absolute atomic E-state index is 0.123. The van der Waals surface area contributed by atoms with Crippen molar-refractivity contribution < 1.29 is 9.53 Å². The summed E-state index contributed by atoms with van der Waals surface area (Å²) in [5, 5.41) is 0. The normalized spacial score (nSPS) is 19.1. The predicted molar refractivity (Wildman–Crippen MR) is 50.0 cm³/mol. The molecule has 0 unspecified atom stereocenters. The molecule has 0 amide bonds. The third kappa shape index (κ3) is 1.96. The average molecular weight is 174 g/mol. The van der Waals surface area contributed by atoms with Crippen molar-refractivity contribution >= 4 is 12.0 Å². The first-order chi connectivity index (χ1) is 6.34. The molecule has 1 heterocycles. The zero-order chi connectivity index (χ0) is 9.10. The number of rotatable bonds is 1. The summed E-state index contributed by atoms with van der Waals surface area (Å²) in [6.07, 6.45) is 2.44. The van der Waals surface area contributed by atoms with Crippen molar-refractivity contribution in [2.45, 2.75) is 6.42 Å². The standard InChI is InChI=1S/C11H10O2/c12-11-7-10(8-13-11)6-9-4-2-1-3-5-9/h1-6H,7-8H2/b10-6+. The van der Waals surface area contributed by atoms with Gasteiger partial charge in [-0.1, -0.05) is 36.4 Å². The molecular weight excluding hydrogens is 164 g/mol. The van der Waals surface area contributed by atoms with Crippen molar-refractivity contribution in [3.8, 4) is 0 Å². The molecule has 0 aliphatic carbocycles. The fourth-order valence-corrected chi connectivity index (χ4v) is 1.34. The highest BCUT2D eigenvalue weighted by molar-refractivity contribution is 5.78. The topological polar surface area (TPSA) is 26.3 Å². The zero-order valence-corrected chi connectivity index (χ0v) is 7.19. The van der Waals surface area contributed by atoms with E-state index in [1.54, 1.807) is 0 Å². The van der Waals surface area contributed by atoms with Crippen LogP contribution in [0, 0.1) is 0 Å². The minimum atomic E-state index is -0.123. The van der Waals surface area contributed by atoms with Crippen LogP contribution in [0.5, 0.6) is 0 Å². The molecular formula is C11H10O2. The number of carbonyl (C=O) groups excluding carboxylic acids is 1. The predicted octanol–water partition coefficient (Wildman–Crippen LogP) is 2.02. The molecule has 1 aromatic carbocycles. The van der Waals surface area contributed by atoms with Crippen LogP contribution >= 0.6 is 0 Å². The largest absolute Gasteiger partial charge is 0.461 e. The summed E-state index contributed by atoms with van der Waals surface area (Å²) in [5.41, 5.74) is 2.17. The van der Waals surface area contributed by atoms with Crippen LogP contribution in [0.25, 0.3) is 6.08 Å². The Labute approximate surface area is 76.8 Å². The first-order valence-electron chi connectivity index (χ1n) is 4.25. The molecule has 0 aromatic heterocycles. The molecule has 0 bridgehead atoms. The van der Waals surface area contributed by atoms with Crippen LogP contribution in [0.3, 0.4) is 0 Å². The Bertz CT molecular complexity index is 338. The van der Waals surface area contributed by atoms with E-state index in [1.165, 1.54) is 0 Å². The molecule has 0 N–H and O–H groups in total. The van der Waals surface area contributed by atoms with Crippen LogP contribution < -0.4 is 0 Å². The van der Waals surface area contributed by atoms with E-state index in [2.05, 4.69) is 0 Å². The summed E-state index contributed by atoms with van der Waals surface area (Å²) in [6, 6.07) is 9.94. The monoisotopic (exact) mass is 174 g/mol. The van der Waals surface area contributed by atoms with Crippen LogP contribution in [0.4, 0.5) is 0 Å². The molecule has 2 nitrogen and oxygen atoms in total. The summed E-state index contributed by atoms with van der Waals surface area (Å²) < 4.78 is 4.83. The fourth-order valence-electron chi connectivity index (χ4n) is 1.34. The SMILES string of the molecule is O=C1C/C(=C\c2ccccc2)CO1. The Balaban J connectivity index is 2.17. The summed E-state index contributed by atoms with van der Waals surface area (Å²) in [6.45, 7) is 0.452. The maximum Gasteiger partial charge on any atom is 0.310 e. The van der Waals surface area contributed by atoms with Gasteiger partial charge >= 0.3 is 5.97 Å². The van der Waals surface area contributed by atoms with Crippen LogP contribution in [-0.4, -0.2) is 12.6 Å². The highest BCUT2D eigenvalue weighted by atomic mass is 16.5. The maximum absolute atomic E-state index is 10.8. The molecule has 2 rings (SSSR count). The van der Waals surface area contributed by atoms with Crippen LogP contribution in [0.2, 0.25) is 0 Å². The van der Waals surface area contributed by atoms with Crippen LogP contribution in [0.1, 0.15) is 12.0 Å². The lowest BCUT2D eigenvalue weighted by Crippen LogP contribution is -1.88. The third-order valence-electron chi connectivity index (χ3n) is 1.96. The number of cyclic esters (lactones) is 1. The van der Waals surface area contributed by atoms with Crippen molar-refractivity contribution in [1.82, 2.24) is 0 Å². The van der Waals surface area contributed by atoms with Gasteiger partial charge in [0.1, 0.15) is 6.61 Å². The third-order valence-corrected chi connectivity index (χ3v) is 1.96. The van der Waals surface area contributed by atoms with E-state index in [-0.39, 0.29) is 5.97 Å². The first-order valence-corrected chi connectivity index (χ1v) is 4.25. The summed E-state index contributed by atoms with van der Waals surface area (Å²) in [4.78, 5) is 10.8. The van der Waals surface area contributed by atoms with E-state index in [9.17, 15) is 4.79 Å². The van der Waals surface area contributed by atoms with E-state index in [0.29, 0.717) is 13.0 Å². The number of hydrogen-bond donors (Lipinski definition) is 0. The van der Waals surface area contributed by atoms with Gasteiger partial charge in [-0.15, -0.1) is 0 Å². The number of benzene rings is 1. The van der Waals surface area contributed by atoms with E-state index >= 15 is 0 Å². The number of esters is 1. The number of ether oxygens (including phenoxy) is 1. The van der Waals surface area contributed by atoms with Crippen molar-refractivity contribution in [2.24, 2.45) is 0 Å². The van der Waals surface area contributed by atoms with Gasteiger partial charge in [0.25, 0.3) is 0 Å². The van der Waals surface area contributed by atoms with Crippen molar-refractivity contribution in [3.63, 3.8) is 0 Å². The second kappa shape index (κ2) is 3.44. The van der Waals surface area contributed by atoms with Gasteiger partial charge in [0.05, 0.1) is 6.42 Å². The highest BCUT2D eigenvalue weighted by Gasteiger charge is 2.15. The Morgan fingerprint density at radius 2 is 2.00 bits per heavy atom. The molecule has 0 radical (unpaired) electrons. The molecule has 13 heavy (non-hydrogen) atoms. The van der Waals surface area contributed by atoms with Crippen LogP contribution in [0.15, 0.2) is 35.9 Å². The van der Waals surface area contributed by atoms with Crippen LogP contribution in [-0.2, 0) is 9.53 Å². The van der Waals surface area contributed by atoms with E-state index < -0.39 is 0 Å². The lowest BCUT2D eigenvalue weighted by molar-refractivity contribution is -0.137. The van der Waals surface area contributed by atoms with Gasteiger partial charge in [-0.3, -0.25) is 4.79 Å². The summed E-state index contributed by atoms with van der Waals surface area (Å²) in [7, 11) is 0. The molecule has 1 aliphatic heterocycles. The second-order valence-corrected chi connectivity index (χ2v) is 3.05. The summed E-state index contributed by atoms with van der Waals surface area (Å²) in [5.74, 6) is -0.123. The summed E-state index contributed by atoms with van der Waals surface area (Å²) >= 11 is 0. The quantitative estimate of drug-likeness (QED) is 0.609. The molecule has 1 saturated heterocycles. The molecule has 66 valence electrons. The van der Waals surface area contributed by atoms with Gasteiger partial charge in [-0.25, -0.2) is 0 Å². The Morgan fingerprint density at radius 3 is 2.62 bits per heavy atom. The molecule has 0 atom stereocenters. The number of carbonyl (C=O) groups is 1. The van der Waals surface area contributed by atoms with Gasteiger partial charge < -0.3 is 4.74 Å². The number of hydrogen-bond acceptors (Lipinski definition) is 2. The van der Waals surface area contributed by atoms with Gasteiger partial charge in [-0.05, 0) is 11.1 Å². The van der Waals surface area contributed by atoms with Crippen molar-refractivity contribution in [1.29, 1.82) is 0 Å². The molecule has 1 aromatic rings. The molecule has 1 fully saturated rings. The molecule has 0 spiro atoms. The van der Waals surface area contributed by atoms with E-state index in [0.717, 1.165) is 11.1 Å². The minimum Gasteiger partial charge on any atom is -0.461 e. The lowest BCUT2D eigenvalue weighted by atomic mass is 10.1.